The third-order valence-electron chi connectivity index (χ3n) is 5.30. The normalized spacial score (nSPS) is 18.4. The second kappa shape index (κ2) is 5.40. The molecule has 1 saturated carbocycles. The molecule has 0 spiro atoms. The molecule has 3 aromatic heterocycles. The first kappa shape index (κ1) is 14.6. The Morgan fingerprint density at radius 3 is 2.72 bits per heavy atom. The molecule has 9 nitrogen and oxygen atoms in total. The zero-order valence-corrected chi connectivity index (χ0v) is 14.3. The van der Waals surface area contributed by atoms with Crippen LogP contribution in [0.5, 0.6) is 0 Å². The van der Waals surface area contributed by atoms with Crippen LogP contribution in [0, 0.1) is 6.92 Å². The van der Waals surface area contributed by atoms with Gasteiger partial charge in [0.2, 0.25) is 0 Å². The maximum atomic E-state index is 5.24. The summed E-state index contributed by atoms with van der Waals surface area (Å²) >= 11 is 0. The van der Waals surface area contributed by atoms with Gasteiger partial charge in [-0.1, -0.05) is 11.6 Å². The lowest BCUT2D eigenvalue weighted by Gasteiger charge is -2.43. The number of aryl methyl sites for hydroxylation is 1. The van der Waals surface area contributed by atoms with Crippen LogP contribution < -0.4 is 9.80 Å². The summed E-state index contributed by atoms with van der Waals surface area (Å²) in [5, 5.41) is 17.2. The molecule has 1 saturated heterocycles. The molecule has 3 aromatic rings. The molecular weight excluding hydrogens is 320 g/mol. The van der Waals surface area contributed by atoms with E-state index in [0.717, 1.165) is 30.4 Å². The number of nitrogens with zero attached hydrogens (tertiary/aromatic N) is 8. The van der Waals surface area contributed by atoms with Gasteiger partial charge in [-0.05, 0) is 31.9 Å². The van der Waals surface area contributed by atoms with Crippen molar-refractivity contribution >= 4 is 17.5 Å². The first-order valence-corrected chi connectivity index (χ1v) is 8.69. The zero-order chi connectivity index (χ0) is 17.0. The topological polar surface area (TPSA) is 88.5 Å². The Morgan fingerprint density at radius 2 is 2.04 bits per heavy atom. The summed E-state index contributed by atoms with van der Waals surface area (Å²) in [5.74, 6) is 3.12. The third-order valence-corrected chi connectivity index (χ3v) is 5.30. The van der Waals surface area contributed by atoms with Gasteiger partial charge in [0.1, 0.15) is 5.82 Å². The Labute approximate surface area is 144 Å². The smallest absolute Gasteiger partial charge is 0.324 e. The molecule has 0 aromatic carbocycles. The molecule has 2 fully saturated rings. The van der Waals surface area contributed by atoms with Crippen molar-refractivity contribution in [1.29, 1.82) is 0 Å². The number of fused-ring (bicyclic) bond motifs is 1. The number of aromatic nitrogens is 6. The van der Waals surface area contributed by atoms with Crippen LogP contribution in [0.1, 0.15) is 36.8 Å². The van der Waals surface area contributed by atoms with E-state index in [9.17, 15) is 0 Å². The maximum Gasteiger partial charge on any atom is 0.324 e. The van der Waals surface area contributed by atoms with Crippen molar-refractivity contribution in [3.63, 3.8) is 0 Å². The summed E-state index contributed by atoms with van der Waals surface area (Å²) in [6.07, 6.45) is 3.65. The van der Waals surface area contributed by atoms with Gasteiger partial charge in [0, 0.05) is 26.1 Å². The van der Waals surface area contributed by atoms with Crippen molar-refractivity contribution in [3.8, 4) is 0 Å². The Kier molecular flexibility index (Phi) is 3.16. The summed E-state index contributed by atoms with van der Waals surface area (Å²) in [6, 6.07) is 4.92. The van der Waals surface area contributed by atoms with Gasteiger partial charge in [0.05, 0.1) is 6.04 Å². The first-order chi connectivity index (χ1) is 12.2. The molecule has 0 bridgehead atoms. The Balaban J connectivity index is 1.33. The lowest BCUT2D eigenvalue weighted by atomic mass is 9.85. The largest absolute Gasteiger partial charge is 0.351 e. The van der Waals surface area contributed by atoms with E-state index >= 15 is 0 Å². The minimum atomic E-state index is 0.337. The maximum absolute atomic E-state index is 5.24. The van der Waals surface area contributed by atoms with Crippen LogP contribution in [-0.4, -0.2) is 56.1 Å². The molecule has 0 N–H and O–H groups in total. The lowest BCUT2D eigenvalue weighted by molar-refractivity contribution is 0.385. The van der Waals surface area contributed by atoms with Crippen LogP contribution in [-0.2, 0) is 0 Å². The van der Waals surface area contributed by atoms with E-state index in [1.165, 1.54) is 19.3 Å². The number of likely N-dealkylation sites (N-methyl/N-ethyl adjacent to an activating group) is 1. The Bertz CT molecular complexity index is 908. The molecule has 0 atom stereocenters. The number of rotatable bonds is 4. The van der Waals surface area contributed by atoms with E-state index in [1.807, 2.05) is 35.5 Å². The Hall–Kier alpha value is -2.71. The first-order valence-electron chi connectivity index (χ1n) is 8.69. The molecule has 0 radical (unpaired) electrons. The van der Waals surface area contributed by atoms with Crippen molar-refractivity contribution in [2.45, 2.75) is 38.1 Å². The van der Waals surface area contributed by atoms with Gasteiger partial charge in [0.15, 0.2) is 17.3 Å². The highest BCUT2D eigenvalue weighted by Crippen LogP contribution is 2.35. The monoisotopic (exact) mass is 340 g/mol. The summed E-state index contributed by atoms with van der Waals surface area (Å²) in [4.78, 5) is 8.57. The van der Waals surface area contributed by atoms with Crippen LogP contribution in [0.3, 0.4) is 0 Å². The van der Waals surface area contributed by atoms with Gasteiger partial charge in [-0.3, -0.25) is 0 Å². The fourth-order valence-electron chi connectivity index (χ4n) is 3.36. The lowest BCUT2D eigenvalue weighted by Crippen LogP contribution is -2.59. The van der Waals surface area contributed by atoms with E-state index in [-0.39, 0.29) is 0 Å². The highest BCUT2D eigenvalue weighted by molar-refractivity contribution is 5.49. The third kappa shape index (κ3) is 2.33. The molecule has 1 aliphatic carbocycles. The van der Waals surface area contributed by atoms with Crippen LogP contribution in [0.15, 0.2) is 16.7 Å². The molecule has 25 heavy (non-hydrogen) atoms. The van der Waals surface area contributed by atoms with Gasteiger partial charge >= 0.3 is 6.01 Å². The van der Waals surface area contributed by atoms with Crippen LogP contribution in [0.2, 0.25) is 0 Å². The van der Waals surface area contributed by atoms with E-state index in [0.29, 0.717) is 23.8 Å². The number of hydrogen-bond acceptors (Lipinski definition) is 8. The minimum Gasteiger partial charge on any atom is -0.351 e. The summed E-state index contributed by atoms with van der Waals surface area (Å²) in [6.45, 7) is 3.57. The van der Waals surface area contributed by atoms with Crippen LogP contribution in [0.25, 0.3) is 5.65 Å². The van der Waals surface area contributed by atoms with E-state index < -0.39 is 0 Å². The van der Waals surface area contributed by atoms with Crippen LogP contribution in [0.4, 0.5) is 11.8 Å². The van der Waals surface area contributed by atoms with Crippen molar-refractivity contribution in [1.82, 2.24) is 30.0 Å². The molecule has 5 rings (SSSR count). The van der Waals surface area contributed by atoms with E-state index in [4.69, 9.17) is 9.62 Å². The molecule has 9 heteroatoms. The van der Waals surface area contributed by atoms with Gasteiger partial charge in [-0.2, -0.15) is 9.50 Å². The van der Waals surface area contributed by atoms with Crippen molar-refractivity contribution in [2.75, 3.05) is 29.9 Å². The van der Waals surface area contributed by atoms with Gasteiger partial charge < -0.3 is 14.3 Å². The SMILES string of the molecule is Cc1noc(N(C)C2CN(c3ccc4nnc(C5CCC5)n4n3)C2)n1. The predicted octanol–water partition coefficient (Wildman–Crippen LogP) is 1.41. The van der Waals surface area contributed by atoms with E-state index in [1.54, 1.807) is 0 Å². The average Bonchev–Trinajstić information content (AvgIpc) is 3.11. The molecular formula is C16H20N8O. The van der Waals surface area contributed by atoms with E-state index in [2.05, 4.69) is 25.2 Å². The summed E-state index contributed by atoms with van der Waals surface area (Å²) in [7, 11) is 1.99. The second-order valence-corrected chi connectivity index (χ2v) is 6.94. The fraction of sp³-hybridized carbons (Fsp3) is 0.562. The molecule has 2 aliphatic rings. The molecule has 0 unspecified atom stereocenters. The number of anilines is 2. The number of hydrogen-bond donors (Lipinski definition) is 0. The average molecular weight is 340 g/mol. The predicted molar refractivity (Wildman–Crippen MR) is 90.8 cm³/mol. The highest BCUT2D eigenvalue weighted by atomic mass is 16.5. The van der Waals surface area contributed by atoms with Crippen molar-refractivity contribution in [2.24, 2.45) is 0 Å². The quantitative estimate of drug-likeness (QED) is 0.704. The second-order valence-electron chi connectivity index (χ2n) is 6.94. The molecule has 0 amide bonds. The zero-order valence-electron chi connectivity index (χ0n) is 14.3. The minimum absolute atomic E-state index is 0.337. The Morgan fingerprint density at radius 1 is 1.20 bits per heavy atom. The van der Waals surface area contributed by atoms with Gasteiger partial charge in [-0.15, -0.1) is 15.3 Å². The van der Waals surface area contributed by atoms with Crippen molar-refractivity contribution in [3.05, 3.63) is 23.8 Å². The highest BCUT2D eigenvalue weighted by Gasteiger charge is 2.34. The molecule has 130 valence electrons. The van der Waals surface area contributed by atoms with Crippen molar-refractivity contribution < 1.29 is 4.52 Å². The molecule has 1 aliphatic heterocycles. The van der Waals surface area contributed by atoms with Gasteiger partial charge in [0.25, 0.3) is 0 Å². The van der Waals surface area contributed by atoms with Gasteiger partial charge in [-0.25, -0.2) is 0 Å². The standard InChI is InChI=1S/C16H20N8O/c1-10-17-16(25-21-10)22(2)12-8-23(9-12)14-7-6-13-18-19-15(24(13)20-14)11-4-3-5-11/h6-7,11-12H,3-5,8-9H2,1-2H3. The summed E-state index contributed by atoms with van der Waals surface area (Å²) < 4.78 is 7.16. The fourth-order valence-corrected chi connectivity index (χ4v) is 3.36. The summed E-state index contributed by atoms with van der Waals surface area (Å²) in [5.41, 5.74) is 0.821. The molecule has 4 heterocycles. The van der Waals surface area contributed by atoms with Crippen LogP contribution >= 0.6 is 0 Å².